The molecule has 5 rings (SSSR count). The molecule has 0 spiro atoms. The predicted molar refractivity (Wildman–Crippen MR) is 136 cm³/mol. The average molecular weight is 513 g/mol. The minimum Gasteiger partial charge on any atom is -0.460 e. The second-order valence-corrected chi connectivity index (χ2v) is 10.7. The van der Waals surface area contributed by atoms with Gasteiger partial charge in [0.15, 0.2) is 5.82 Å². The van der Waals surface area contributed by atoms with E-state index in [1.54, 1.807) is 25.5 Å². The van der Waals surface area contributed by atoms with Crippen LogP contribution in [-0.2, 0) is 0 Å². The fraction of sp³-hybridized carbons (Fsp3) is 0.400. The Morgan fingerprint density at radius 2 is 1.89 bits per heavy atom. The van der Waals surface area contributed by atoms with E-state index in [0.717, 1.165) is 0 Å². The van der Waals surface area contributed by atoms with Crippen molar-refractivity contribution >= 4 is 26.7 Å². The van der Waals surface area contributed by atoms with E-state index in [-0.39, 0.29) is 43.0 Å². The Hall–Kier alpha value is -3.26. The lowest BCUT2D eigenvalue weighted by Gasteiger charge is -2.37. The summed E-state index contributed by atoms with van der Waals surface area (Å²) in [6.07, 6.45) is 6.71. The van der Waals surface area contributed by atoms with Gasteiger partial charge in [0.25, 0.3) is 5.91 Å². The molecule has 11 heteroatoms. The molecule has 3 aromatic heterocycles. The standard InChI is InChI=1S/C25H27F2N6O2P/c1-24(26)11-17(12-24)35-23-30-13-16(14-31-23)22(34)32(2)20-18(19-5-3-4-8-28-19)6-9-29-21(20)33-10-7-25(27,36)15-33/h3-6,8-9,13-14,17H,7,10-12,15,36H2,1-2H3. The monoisotopic (exact) mass is 512 g/mol. The van der Waals surface area contributed by atoms with Gasteiger partial charge in [-0.15, -0.1) is 0 Å². The van der Waals surface area contributed by atoms with Crippen molar-refractivity contribution in [3.8, 4) is 17.3 Å². The van der Waals surface area contributed by atoms with Crippen LogP contribution in [-0.4, -0.2) is 63.2 Å². The van der Waals surface area contributed by atoms with Gasteiger partial charge in [-0.05, 0) is 25.1 Å². The van der Waals surface area contributed by atoms with Gasteiger partial charge >= 0.3 is 6.01 Å². The molecule has 1 saturated heterocycles. The fourth-order valence-electron chi connectivity index (χ4n) is 4.62. The van der Waals surface area contributed by atoms with Crippen LogP contribution in [0, 0.1) is 0 Å². The third-order valence-corrected chi connectivity index (χ3v) is 6.96. The summed E-state index contributed by atoms with van der Waals surface area (Å²) >= 11 is 0. The number of carbonyl (C=O) groups excluding carboxylic acids is 1. The summed E-state index contributed by atoms with van der Waals surface area (Å²) in [6.45, 7) is 2.13. The number of carbonyl (C=O) groups is 1. The van der Waals surface area contributed by atoms with E-state index in [1.165, 1.54) is 24.2 Å². The fourth-order valence-corrected chi connectivity index (χ4v) is 4.97. The van der Waals surface area contributed by atoms with Gasteiger partial charge < -0.3 is 14.5 Å². The number of alkyl halides is 2. The summed E-state index contributed by atoms with van der Waals surface area (Å²) in [5.74, 6) is 0.126. The number of anilines is 2. The highest BCUT2D eigenvalue weighted by molar-refractivity contribution is 7.18. The van der Waals surface area contributed by atoms with Gasteiger partial charge in [0.2, 0.25) is 0 Å². The van der Waals surface area contributed by atoms with E-state index in [1.807, 2.05) is 23.1 Å². The van der Waals surface area contributed by atoms with Crippen LogP contribution >= 0.6 is 9.24 Å². The second-order valence-electron chi connectivity index (χ2n) is 9.63. The molecular weight excluding hydrogens is 485 g/mol. The van der Waals surface area contributed by atoms with Gasteiger partial charge in [0.1, 0.15) is 17.2 Å². The van der Waals surface area contributed by atoms with Gasteiger partial charge in [-0.25, -0.2) is 23.7 Å². The maximum absolute atomic E-state index is 14.7. The van der Waals surface area contributed by atoms with Crippen molar-refractivity contribution in [3.05, 3.63) is 54.6 Å². The molecule has 2 aliphatic rings. The topological polar surface area (TPSA) is 84.3 Å². The third kappa shape index (κ3) is 5.00. The van der Waals surface area contributed by atoms with Gasteiger partial charge in [-0.1, -0.05) is 15.3 Å². The molecule has 1 saturated carbocycles. The van der Waals surface area contributed by atoms with Crippen LogP contribution in [0.2, 0.25) is 0 Å². The maximum atomic E-state index is 14.7. The van der Waals surface area contributed by atoms with E-state index < -0.39 is 11.1 Å². The van der Waals surface area contributed by atoms with E-state index in [4.69, 9.17) is 4.74 Å². The quantitative estimate of drug-likeness (QED) is 0.457. The number of amides is 1. The predicted octanol–water partition coefficient (Wildman–Crippen LogP) is 4.23. The summed E-state index contributed by atoms with van der Waals surface area (Å²) < 4.78 is 34.0. The van der Waals surface area contributed by atoms with Gasteiger partial charge in [-0.3, -0.25) is 9.78 Å². The smallest absolute Gasteiger partial charge is 0.316 e. The van der Waals surface area contributed by atoms with Gasteiger partial charge in [0, 0.05) is 63.2 Å². The first-order valence-corrected chi connectivity index (χ1v) is 12.3. The first-order chi connectivity index (χ1) is 17.1. The minimum absolute atomic E-state index is 0.0998. The van der Waals surface area contributed by atoms with Crippen molar-refractivity contribution in [3.63, 3.8) is 0 Å². The molecule has 0 radical (unpaired) electrons. The molecule has 2 atom stereocenters. The lowest BCUT2D eigenvalue weighted by Crippen LogP contribution is -2.44. The Morgan fingerprint density at radius 1 is 1.14 bits per heavy atom. The second kappa shape index (κ2) is 9.32. The lowest BCUT2D eigenvalue weighted by atomic mass is 9.81. The molecule has 1 aliphatic carbocycles. The number of aromatic nitrogens is 4. The van der Waals surface area contributed by atoms with E-state index in [9.17, 15) is 13.6 Å². The van der Waals surface area contributed by atoms with Crippen LogP contribution < -0.4 is 14.5 Å². The Morgan fingerprint density at radius 3 is 2.50 bits per heavy atom. The number of hydrogen-bond donors (Lipinski definition) is 0. The van der Waals surface area contributed by atoms with Crippen molar-refractivity contribution in [1.29, 1.82) is 0 Å². The van der Waals surface area contributed by atoms with Crippen LogP contribution in [0.4, 0.5) is 20.3 Å². The molecule has 4 heterocycles. The van der Waals surface area contributed by atoms with Crippen LogP contribution in [0.1, 0.15) is 36.5 Å². The summed E-state index contributed by atoms with van der Waals surface area (Å²) in [4.78, 5) is 34.1. The summed E-state index contributed by atoms with van der Waals surface area (Å²) in [6, 6.07) is 7.40. The molecule has 1 aliphatic heterocycles. The lowest BCUT2D eigenvalue weighted by molar-refractivity contribution is -0.0333. The van der Waals surface area contributed by atoms with Crippen molar-refractivity contribution in [2.24, 2.45) is 0 Å². The Labute approximate surface area is 210 Å². The Balaban J connectivity index is 1.44. The molecule has 0 bridgehead atoms. The zero-order valence-corrected chi connectivity index (χ0v) is 21.2. The molecular formula is C25H27F2N6O2P. The summed E-state index contributed by atoms with van der Waals surface area (Å²) in [7, 11) is 3.90. The van der Waals surface area contributed by atoms with E-state index >= 15 is 0 Å². The molecule has 36 heavy (non-hydrogen) atoms. The SMILES string of the molecule is CN(C(=O)c1cnc(OC2CC(C)(F)C2)nc1)c1c(-c2ccccn2)ccnc1N1CCC(F)(P)C1. The molecule has 0 N–H and O–H groups in total. The van der Waals surface area contributed by atoms with Crippen LogP contribution in [0.3, 0.4) is 0 Å². The molecule has 8 nitrogen and oxygen atoms in total. The van der Waals surface area contributed by atoms with Gasteiger partial charge in [-0.2, -0.15) is 0 Å². The van der Waals surface area contributed by atoms with Crippen molar-refractivity contribution in [2.45, 2.75) is 43.4 Å². The third-order valence-electron chi connectivity index (χ3n) is 6.49. The number of halogens is 2. The molecule has 3 aromatic rings. The number of rotatable bonds is 6. The van der Waals surface area contributed by atoms with Crippen LogP contribution in [0.5, 0.6) is 6.01 Å². The molecule has 0 aromatic carbocycles. The van der Waals surface area contributed by atoms with Crippen molar-refractivity contribution < 1.29 is 18.3 Å². The number of pyridine rings is 2. The number of ether oxygens (including phenoxy) is 1. The molecule has 188 valence electrons. The zero-order chi connectivity index (χ0) is 25.5. The summed E-state index contributed by atoms with van der Waals surface area (Å²) in [5.41, 5.74) is 0.886. The van der Waals surface area contributed by atoms with Crippen LogP contribution in [0.25, 0.3) is 11.3 Å². The first-order valence-electron chi connectivity index (χ1n) is 11.7. The minimum atomic E-state index is -1.42. The summed E-state index contributed by atoms with van der Waals surface area (Å²) in [5, 5.41) is -1.42. The molecule has 2 unspecified atom stereocenters. The van der Waals surface area contributed by atoms with Crippen molar-refractivity contribution in [2.75, 3.05) is 29.9 Å². The van der Waals surface area contributed by atoms with E-state index in [0.29, 0.717) is 35.7 Å². The molecule has 2 fully saturated rings. The van der Waals surface area contributed by atoms with Crippen LogP contribution in [0.15, 0.2) is 49.1 Å². The highest BCUT2D eigenvalue weighted by atomic mass is 31.0. The van der Waals surface area contributed by atoms with E-state index in [2.05, 4.69) is 29.2 Å². The Kier molecular flexibility index (Phi) is 6.32. The van der Waals surface area contributed by atoms with Crippen molar-refractivity contribution in [1.82, 2.24) is 19.9 Å². The number of hydrogen-bond acceptors (Lipinski definition) is 7. The van der Waals surface area contributed by atoms with Gasteiger partial charge in [0.05, 0.1) is 23.5 Å². The first kappa shape index (κ1) is 24.4. The zero-order valence-electron chi connectivity index (χ0n) is 20.1. The average Bonchev–Trinajstić information content (AvgIpc) is 3.22. The Bertz CT molecular complexity index is 1250. The molecule has 1 amide bonds. The highest BCUT2D eigenvalue weighted by Gasteiger charge is 2.42. The largest absolute Gasteiger partial charge is 0.460 e. The highest BCUT2D eigenvalue weighted by Crippen LogP contribution is 2.42. The normalized spacial score (nSPS) is 25.4. The maximum Gasteiger partial charge on any atom is 0.316 e. The number of nitrogens with zero attached hydrogens (tertiary/aromatic N) is 6.